The lowest BCUT2D eigenvalue weighted by molar-refractivity contribution is -0.387. The SMILES string of the molecule is CC(Nc1ccc([N+](=O)[O-])c(F)c1)c1ccc(C#N)cc1. The lowest BCUT2D eigenvalue weighted by Gasteiger charge is -2.15. The molecule has 0 aliphatic carbocycles. The normalized spacial score (nSPS) is 11.5. The molecule has 0 fully saturated rings. The summed E-state index contributed by atoms with van der Waals surface area (Å²) in [6.07, 6.45) is 0. The molecule has 0 saturated carbocycles. The highest BCUT2D eigenvalue weighted by molar-refractivity contribution is 5.51. The van der Waals surface area contributed by atoms with Crippen LogP contribution in [0.2, 0.25) is 0 Å². The zero-order valence-corrected chi connectivity index (χ0v) is 11.2. The van der Waals surface area contributed by atoms with E-state index in [0.717, 1.165) is 17.7 Å². The summed E-state index contributed by atoms with van der Waals surface area (Å²) < 4.78 is 13.5. The molecule has 0 saturated heterocycles. The van der Waals surface area contributed by atoms with E-state index in [9.17, 15) is 14.5 Å². The summed E-state index contributed by atoms with van der Waals surface area (Å²) in [5, 5.41) is 22.4. The minimum absolute atomic E-state index is 0.126. The lowest BCUT2D eigenvalue weighted by Crippen LogP contribution is -2.07. The Morgan fingerprint density at radius 3 is 2.48 bits per heavy atom. The first-order chi connectivity index (χ1) is 10.0. The molecular formula is C15H12FN3O2. The van der Waals surface area contributed by atoms with Crippen LogP contribution in [0, 0.1) is 27.3 Å². The highest BCUT2D eigenvalue weighted by atomic mass is 19.1. The molecule has 0 heterocycles. The van der Waals surface area contributed by atoms with Gasteiger partial charge in [-0.1, -0.05) is 12.1 Å². The van der Waals surface area contributed by atoms with Crippen LogP contribution in [0.5, 0.6) is 0 Å². The molecule has 2 aromatic carbocycles. The van der Waals surface area contributed by atoms with E-state index in [0.29, 0.717) is 11.3 Å². The van der Waals surface area contributed by atoms with Crippen LogP contribution in [-0.2, 0) is 0 Å². The van der Waals surface area contributed by atoms with Crippen molar-refractivity contribution in [2.45, 2.75) is 13.0 Å². The summed E-state index contributed by atoms with van der Waals surface area (Å²) in [4.78, 5) is 9.80. The van der Waals surface area contributed by atoms with E-state index in [1.165, 1.54) is 6.07 Å². The summed E-state index contributed by atoms with van der Waals surface area (Å²) in [5.74, 6) is -0.878. The number of nitro benzene ring substituents is 1. The lowest BCUT2D eigenvalue weighted by atomic mass is 10.1. The Labute approximate surface area is 120 Å². The number of halogens is 1. The first-order valence-corrected chi connectivity index (χ1v) is 6.22. The number of rotatable bonds is 4. The van der Waals surface area contributed by atoms with E-state index >= 15 is 0 Å². The van der Waals surface area contributed by atoms with Crippen molar-refractivity contribution in [3.63, 3.8) is 0 Å². The Hall–Kier alpha value is -2.94. The van der Waals surface area contributed by atoms with E-state index in [4.69, 9.17) is 5.26 Å². The third-order valence-corrected chi connectivity index (χ3v) is 3.07. The van der Waals surface area contributed by atoms with E-state index < -0.39 is 16.4 Å². The van der Waals surface area contributed by atoms with Gasteiger partial charge < -0.3 is 5.32 Å². The predicted octanol–water partition coefficient (Wildman–Crippen LogP) is 3.78. The smallest absolute Gasteiger partial charge is 0.304 e. The molecule has 0 amide bonds. The molecule has 1 unspecified atom stereocenters. The highest BCUT2D eigenvalue weighted by Crippen LogP contribution is 2.24. The van der Waals surface area contributed by atoms with Gasteiger partial charge in [-0.15, -0.1) is 0 Å². The third kappa shape index (κ3) is 3.34. The number of nitriles is 1. The zero-order chi connectivity index (χ0) is 15.4. The number of nitrogens with zero attached hydrogens (tertiary/aromatic N) is 2. The Kier molecular flexibility index (Phi) is 4.14. The van der Waals surface area contributed by atoms with Crippen LogP contribution in [0.3, 0.4) is 0 Å². The number of hydrogen-bond acceptors (Lipinski definition) is 4. The molecule has 0 aliphatic heterocycles. The number of nitrogens with one attached hydrogen (secondary N) is 1. The van der Waals surface area contributed by atoms with Crippen molar-refractivity contribution in [3.05, 3.63) is 69.5 Å². The fourth-order valence-corrected chi connectivity index (χ4v) is 1.92. The van der Waals surface area contributed by atoms with Gasteiger partial charge in [0.05, 0.1) is 16.6 Å². The first kappa shape index (κ1) is 14.5. The molecule has 0 aromatic heterocycles. The Balaban J connectivity index is 2.15. The van der Waals surface area contributed by atoms with Crippen LogP contribution in [0.15, 0.2) is 42.5 Å². The van der Waals surface area contributed by atoms with Crippen molar-refractivity contribution in [2.75, 3.05) is 5.32 Å². The topological polar surface area (TPSA) is 79.0 Å². The molecule has 21 heavy (non-hydrogen) atoms. The number of hydrogen-bond donors (Lipinski definition) is 1. The maximum Gasteiger partial charge on any atom is 0.304 e. The predicted molar refractivity (Wildman–Crippen MR) is 76.2 cm³/mol. The number of nitro groups is 1. The maximum atomic E-state index is 13.5. The van der Waals surface area contributed by atoms with Crippen LogP contribution < -0.4 is 5.32 Å². The molecule has 6 heteroatoms. The van der Waals surface area contributed by atoms with Gasteiger partial charge in [-0.3, -0.25) is 10.1 Å². The summed E-state index contributed by atoms with van der Waals surface area (Å²) in [7, 11) is 0. The summed E-state index contributed by atoms with van der Waals surface area (Å²) >= 11 is 0. The van der Waals surface area contributed by atoms with Gasteiger partial charge in [-0.25, -0.2) is 0 Å². The van der Waals surface area contributed by atoms with E-state index in [1.807, 2.05) is 13.0 Å². The maximum absolute atomic E-state index is 13.5. The van der Waals surface area contributed by atoms with Gasteiger partial charge in [0, 0.05) is 23.9 Å². The molecule has 0 spiro atoms. The van der Waals surface area contributed by atoms with Gasteiger partial charge in [0.2, 0.25) is 5.82 Å². The van der Waals surface area contributed by atoms with Crippen molar-refractivity contribution in [3.8, 4) is 6.07 Å². The van der Waals surface area contributed by atoms with Crippen molar-refractivity contribution in [1.82, 2.24) is 0 Å². The van der Waals surface area contributed by atoms with Crippen LogP contribution in [0.25, 0.3) is 0 Å². The fraction of sp³-hybridized carbons (Fsp3) is 0.133. The Bertz CT molecular complexity index is 708. The van der Waals surface area contributed by atoms with Gasteiger partial charge in [0.1, 0.15) is 0 Å². The van der Waals surface area contributed by atoms with Crippen LogP contribution in [0.4, 0.5) is 15.8 Å². The second-order valence-electron chi connectivity index (χ2n) is 4.52. The van der Waals surface area contributed by atoms with Crippen molar-refractivity contribution in [2.24, 2.45) is 0 Å². The van der Waals surface area contributed by atoms with Gasteiger partial charge >= 0.3 is 5.69 Å². The van der Waals surface area contributed by atoms with Crippen LogP contribution in [0.1, 0.15) is 24.1 Å². The van der Waals surface area contributed by atoms with Crippen LogP contribution in [-0.4, -0.2) is 4.92 Å². The number of benzene rings is 2. The van der Waals surface area contributed by atoms with Gasteiger partial charge in [-0.05, 0) is 30.7 Å². The van der Waals surface area contributed by atoms with Crippen molar-refractivity contribution < 1.29 is 9.31 Å². The second kappa shape index (κ2) is 6.01. The van der Waals surface area contributed by atoms with Crippen LogP contribution >= 0.6 is 0 Å². The van der Waals surface area contributed by atoms with E-state index in [1.54, 1.807) is 24.3 Å². The zero-order valence-electron chi connectivity index (χ0n) is 11.2. The molecule has 0 bridgehead atoms. The third-order valence-electron chi connectivity index (χ3n) is 3.07. The minimum Gasteiger partial charge on any atom is -0.378 e. The molecule has 2 aromatic rings. The summed E-state index contributed by atoms with van der Waals surface area (Å²) in [6, 6.07) is 12.6. The van der Waals surface area contributed by atoms with Crippen molar-refractivity contribution in [1.29, 1.82) is 5.26 Å². The monoisotopic (exact) mass is 285 g/mol. The van der Waals surface area contributed by atoms with Crippen molar-refractivity contribution >= 4 is 11.4 Å². The molecule has 106 valence electrons. The summed E-state index contributed by atoms with van der Waals surface area (Å²) in [5.41, 5.74) is 1.39. The summed E-state index contributed by atoms with van der Waals surface area (Å²) in [6.45, 7) is 1.88. The molecule has 1 atom stereocenters. The molecular weight excluding hydrogens is 273 g/mol. The average molecular weight is 285 g/mol. The molecule has 5 nitrogen and oxygen atoms in total. The molecule has 0 radical (unpaired) electrons. The van der Waals surface area contributed by atoms with E-state index in [-0.39, 0.29) is 6.04 Å². The molecule has 0 aliphatic rings. The standard InChI is InChI=1S/C15H12FN3O2/c1-10(12-4-2-11(9-17)3-5-12)18-13-6-7-15(19(20)21)14(16)8-13/h2-8,10,18H,1H3. The molecule has 2 rings (SSSR count). The Morgan fingerprint density at radius 2 is 1.95 bits per heavy atom. The van der Waals surface area contributed by atoms with E-state index in [2.05, 4.69) is 5.32 Å². The first-order valence-electron chi connectivity index (χ1n) is 6.22. The second-order valence-corrected chi connectivity index (χ2v) is 4.52. The minimum atomic E-state index is -0.878. The number of anilines is 1. The van der Waals surface area contributed by atoms with Gasteiger partial charge in [0.15, 0.2) is 0 Å². The van der Waals surface area contributed by atoms with Gasteiger partial charge in [-0.2, -0.15) is 9.65 Å². The average Bonchev–Trinajstić information content (AvgIpc) is 2.47. The highest BCUT2D eigenvalue weighted by Gasteiger charge is 2.14. The Morgan fingerprint density at radius 1 is 1.29 bits per heavy atom. The molecule has 1 N–H and O–H groups in total. The largest absolute Gasteiger partial charge is 0.378 e. The quantitative estimate of drug-likeness (QED) is 0.685. The van der Waals surface area contributed by atoms with Gasteiger partial charge in [0.25, 0.3) is 0 Å². The fourth-order valence-electron chi connectivity index (χ4n) is 1.92.